The standard InChI is InChI=1S/C14H17ClN2/c15-13-9-11(10-16)7-8-14(13)17-12-5-3-1-2-4-6-12/h7-9,12,17H,1-6H2. The number of halogens is 1. The molecule has 0 heterocycles. The zero-order chi connectivity index (χ0) is 12.1. The molecular formula is C14H17ClN2. The number of hydrogen-bond donors (Lipinski definition) is 1. The summed E-state index contributed by atoms with van der Waals surface area (Å²) in [7, 11) is 0. The molecule has 0 saturated heterocycles. The first-order chi connectivity index (χ1) is 8.29. The van der Waals surface area contributed by atoms with Crippen LogP contribution in [0.3, 0.4) is 0 Å². The normalized spacial score (nSPS) is 17.2. The summed E-state index contributed by atoms with van der Waals surface area (Å²) < 4.78 is 0. The zero-order valence-corrected chi connectivity index (χ0v) is 10.6. The number of nitrogens with one attached hydrogen (secondary N) is 1. The summed E-state index contributed by atoms with van der Waals surface area (Å²) in [5.41, 5.74) is 1.57. The average Bonchev–Trinajstić information content (AvgIpc) is 2.60. The van der Waals surface area contributed by atoms with E-state index < -0.39 is 0 Å². The molecule has 1 aromatic carbocycles. The highest BCUT2D eigenvalue weighted by Crippen LogP contribution is 2.27. The second-order valence-electron chi connectivity index (χ2n) is 4.64. The Morgan fingerprint density at radius 1 is 1.18 bits per heavy atom. The van der Waals surface area contributed by atoms with Gasteiger partial charge in [0, 0.05) is 6.04 Å². The van der Waals surface area contributed by atoms with Crippen molar-refractivity contribution in [2.75, 3.05) is 5.32 Å². The molecule has 1 fully saturated rings. The van der Waals surface area contributed by atoms with Gasteiger partial charge in [0.25, 0.3) is 0 Å². The summed E-state index contributed by atoms with van der Waals surface area (Å²) in [4.78, 5) is 0. The molecule has 17 heavy (non-hydrogen) atoms. The van der Waals surface area contributed by atoms with Gasteiger partial charge in [0.1, 0.15) is 0 Å². The molecule has 0 aliphatic heterocycles. The summed E-state index contributed by atoms with van der Waals surface area (Å²) in [5, 5.41) is 12.9. The van der Waals surface area contributed by atoms with Gasteiger partial charge >= 0.3 is 0 Å². The molecule has 2 nitrogen and oxygen atoms in total. The molecule has 1 aliphatic rings. The summed E-state index contributed by atoms with van der Waals surface area (Å²) in [5.74, 6) is 0. The molecule has 1 aliphatic carbocycles. The van der Waals surface area contributed by atoms with Crippen LogP contribution in [0, 0.1) is 11.3 Å². The predicted molar refractivity (Wildman–Crippen MR) is 71.3 cm³/mol. The Kier molecular flexibility index (Phi) is 4.28. The Morgan fingerprint density at radius 2 is 1.88 bits per heavy atom. The van der Waals surface area contributed by atoms with E-state index >= 15 is 0 Å². The molecule has 1 saturated carbocycles. The van der Waals surface area contributed by atoms with Gasteiger partial charge in [-0.3, -0.25) is 0 Å². The number of anilines is 1. The lowest BCUT2D eigenvalue weighted by atomic mass is 10.1. The van der Waals surface area contributed by atoms with Crippen LogP contribution in [0.2, 0.25) is 5.02 Å². The maximum Gasteiger partial charge on any atom is 0.0992 e. The van der Waals surface area contributed by atoms with Crippen molar-refractivity contribution < 1.29 is 0 Å². The number of nitriles is 1. The molecule has 0 atom stereocenters. The Hall–Kier alpha value is -1.20. The molecule has 0 amide bonds. The van der Waals surface area contributed by atoms with E-state index in [9.17, 15) is 0 Å². The van der Waals surface area contributed by atoms with Gasteiger partial charge in [0.2, 0.25) is 0 Å². The number of benzene rings is 1. The Labute approximate surface area is 108 Å². The van der Waals surface area contributed by atoms with Crippen LogP contribution in [0.25, 0.3) is 0 Å². The van der Waals surface area contributed by atoms with E-state index in [0.29, 0.717) is 16.6 Å². The maximum absolute atomic E-state index is 8.78. The van der Waals surface area contributed by atoms with E-state index in [0.717, 1.165) is 5.69 Å². The first-order valence-corrected chi connectivity index (χ1v) is 6.63. The first-order valence-electron chi connectivity index (χ1n) is 6.26. The number of rotatable bonds is 2. The molecule has 0 radical (unpaired) electrons. The van der Waals surface area contributed by atoms with Crippen LogP contribution in [0.5, 0.6) is 0 Å². The highest BCUT2D eigenvalue weighted by molar-refractivity contribution is 6.33. The minimum absolute atomic E-state index is 0.530. The molecule has 3 heteroatoms. The van der Waals surface area contributed by atoms with Crippen LogP contribution in [0.1, 0.15) is 44.1 Å². The molecule has 90 valence electrons. The van der Waals surface area contributed by atoms with Gasteiger partial charge < -0.3 is 5.32 Å². The monoisotopic (exact) mass is 248 g/mol. The SMILES string of the molecule is N#Cc1ccc(NC2CCCCCC2)c(Cl)c1. The minimum Gasteiger partial charge on any atom is -0.381 e. The van der Waals surface area contributed by atoms with E-state index in [-0.39, 0.29) is 0 Å². The van der Waals surface area contributed by atoms with Gasteiger partial charge in [-0.15, -0.1) is 0 Å². The molecule has 0 unspecified atom stereocenters. The Balaban J connectivity index is 2.05. The second kappa shape index (κ2) is 5.93. The van der Waals surface area contributed by atoms with Crippen molar-refractivity contribution in [3.05, 3.63) is 28.8 Å². The van der Waals surface area contributed by atoms with E-state index in [1.54, 1.807) is 6.07 Å². The highest BCUT2D eigenvalue weighted by atomic mass is 35.5. The van der Waals surface area contributed by atoms with E-state index in [1.807, 2.05) is 12.1 Å². The predicted octanol–water partition coefficient (Wildman–Crippen LogP) is 4.35. The van der Waals surface area contributed by atoms with Gasteiger partial charge in [-0.25, -0.2) is 0 Å². The van der Waals surface area contributed by atoms with Crippen molar-refractivity contribution in [1.29, 1.82) is 5.26 Å². The van der Waals surface area contributed by atoms with Crippen LogP contribution in [-0.4, -0.2) is 6.04 Å². The van der Waals surface area contributed by atoms with Crippen LogP contribution in [0.4, 0.5) is 5.69 Å². The summed E-state index contributed by atoms with van der Waals surface area (Å²) in [6.07, 6.45) is 7.72. The second-order valence-corrected chi connectivity index (χ2v) is 5.05. The topological polar surface area (TPSA) is 35.8 Å². The smallest absolute Gasteiger partial charge is 0.0992 e. The van der Waals surface area contributed by atoms with Crippen LogP contribution in [-0.2, 0) is 0 Å². The van der Waals surface area contributed by atoms with Gasteiger partial charge in [-0.2, -0.15) is 5.26 Å². The number of hydrogen-bond acceptors (Lipinski definition) is 2. The summed E-state index contributed by atoms with van der Waals surface area (Å²) in [6, 6.07) is 8.07. The van der Waals surface area contributed by atoms with Crippen molar-refractivity contribution in [2.24, 2.45) is 0 Å². The third-order valence-corrected chi connectivity index (χ3v) is 3.63. The zero-order valence-electron chi connectivity index (χ0n) is 9.88. The molecule has 0 bridgehead atoms. The largest absolute Gasteiger partial charge is 0.381 e. The first kappa shape index (κ1) is 12.3. The van der Waals surface area contributed by atoms with Crippen molar-refractivity contribution in [3.63, 3.8) is 0 Å². The molecule has 0 aromatic heterocycles. The van der Waals surface area contributed by atoms with Crippen LogP contribution in [0.15, 0.2) is 18.2 Å². The van der Waals surface area contributed by atoms with Crippen molar-refractivity contribution in [2.45, 2.75) is 44.6 Å². The molecule has 2 rings (SSSR count). The van der Waals surface area contributed by atoms with Crippen molar-refractivity contribution >= 4 is 17.3 Å². The molecule has 1 aromatic rings. The van der Waals surface area contributed by atoms with E-state index in [1.165, 1.54) is 38.5 Å². The lowest BCUT2D eigenvalue weighted by Crippen LogP contribution is -2.18. The minimum atomic E-state index is 0.530. The van der Waals surface area contributed by atoms with Gasteiger partial charge in [0.15, 0.2) is 0 Å². The van der Waals surface area contributed by atoms with Crippen molar-refractivity contribution in [3.8, 4) is 6.07 Å². The number of nitrogens with zero attached hydrogens (tertiary/aromatic N) is 1. The fraction of sp³-hybridized carbons (Fsp3) is 0.500. The molecular weight excluding hydrogens is 232 g/mol. The van der Waals surface area contributed by atoms with Crippen molar-refractivity contribution in [1.82, 2.24) is 0 Å². The van der Waals surface area contributed by atoms with Gasteiger partial charge in [0.05, 0.1) is 22.3 Å². The van der Waals surface area contributed by atoms with Gasteiger partial charge in [-0.1, -0.05) is 37.3 Å². The van der Waals surface area contributed by atoms with E-state index in [2.05, 4.69) is 11.4 Å². The lowest BCUT2D eigenvalue weighted by molar-refractivity contribution is 0.620. The fourth-order valence-corrected chi connectivity index (χ4v) is 2.58. The Bertz CT molecular complexity index is 415. The quantitative estimate of drug-likeness (QED) is 0.790. The third-order valence-electron chi connectivity index (χ3n) is 3.31. The fourth-order valence-electron chi connectivity index (χ4n) is 2.35. The maximum atomic E-state index is 8.78. The van der Waals surface area contributed by atoms with Crippen LogP contribution < -0.4 is 5.32 Å². The highest BCUT2D eigenvalue weighted by Gasteiger charge is 2.13. The average molecular weight is 249 g/mol. The molecule has 0 spiro atoms. The van der Waals surface area contributed by atoms with E-state index in [4.69, 9.17) is 16.9 Å². The van der Waals surface area contributed by atoms with Gasteiger partial charge in [-0.05, 0) is 31.0 Å². The third kappa shape index (κ3) is 3.38. The Morgan fingerprint density at radius 3 is 2.47 bits per heavy atom. The molecule has 1 N–H and O–H groups in total. The lowest BCUT2D eigenvalue weighted by Gasteiger charge is -2.18. The summed E-state index contributed by atoms with van der Waals surface area (Å²) in [6.45, 7) is 0. The van der Waals surface area contributed by atoms with Crippen LogP contribution >= 0.6 is 11.6 Å². The summed E-state index contributed by atoms with van der Waals surface area (Å²) >= 11 is 6.15.